The Morgan fingerprint density at radius 3 is 2.44 bits per heavy atom. The van der Waals surface area contributed by atoms with E-state index in [1.807, 2.05) is 0 Å². The fourth-order valence-corrected chi connectivity index (χ4v) is 1.44. The van der Waals surface area contributed by atoms with Crippen molar-refractivity contribution in [2.75, 3.05) is 0 Å². The Hall–Kier alpha value is -2.36. The number of hydrogen-bond donors (Lipinski definition) is 1. The van der Waals surface area contributed by atoms with Crippen LogP contribution in [-0.2, 0) is 17.4 Å². The highest BCUT2D eigenvalue weighted by atomic mass is 19.4. The van der Waals surface area contributed by atoms with Gasteiger partial charge in [0.15, 0.2) is 6.29 Å². The molecule has 0 fully saturated rings. The zero-order valence-corrected chi connectivity index (χ0v) is 8.78. The number of carboxylic acid groups (broad SMARTS) is 1. The molecule has 0 bridgehead atoms. The Balaban J connectivity index is 3.52. The van der Waals surface area contributed by atoms with Gasteiger partial charge in [-0.3, -0.25) is 9.59 Å². The minimum atomic E-state index is -4.82. The summed E-state index contributed by atoms with van der Waals surface area (Å²) in [6, 6.07) is 2.84. The van der Waals surface area contributed by atoms with Crippen LogP contribution in [0, 0.1) is 11.3 Å². The number of rotatable bonds is 3. The summed E-state index contributed by atoms with van der Waals surface area (Å²) in [7, 11) is 0. The molecular weight excluding hydrogens is 251 g/mol. The second-order valence-electron chi connectivity index (χ2n) is 3.41. The summed E-state index contributed by atoms with van der Waals surface area (Å²) in [6.07, 6.45) is -5.38. The third-order valence-electron chi connectivity index (χ3n) is 2.13. The topological polar surface area (TPSA) is 78.2 Å². The summed E-state index contributed by atoms with van der Waals surface area (Å²) in [4.78, 5) is 21.1. The molecule has 0 aliphatic rings. The van der Waals surface area contributed by atoms with Crippen LogP contribution in [0.2, 0.25) is 0 Å². The summed E-state index contributed by atoms with van der Waals surface area (Å²) in [5.41, 5.74) is -2.75. The van der Waals surface area contributed by atoms with Gasteiger partial charge in [0.2, 0.25) is 0 Å². The maximum Gasteiger partial charge on any atom is 0.417 e. The van der Waals surface area contributed by atoms with Crippen LogP contribution in [0.3, 0.4) is 0 Å². The molecule has 0 unspecified atom stereocenters. The maximum atomic E-state index is 12.7. The molecule has 4 nitrogen and oxygen atoms in total. The van der Waals surface area contributed by atoms with E-state index in [1.165, 1.54) is 6.07 Å². The number of halogens is 3. The van der Waals surface area contributed by atoms with Gasteiger partial charge >= 0.3 is 12.1 Å². The lowest BCUT2D eigenvalue weighted by Crippen LogP contribution is -2.12. The van der Waals surface area contributed by atoms with Gasteiger partial charge in [0.25, 0.3) is 0 Å². The lowest BCUT2D eigenvalue weighted by Gasteiger charge is -2.12. The van der Waals surface area contributed by atoms with Crippen LogP contribution < -0.4 is 0 Å². The van der Waals surface area contributed by atoms with Gasteiger partial charge in [-0.2, -0.15) is 18.4 Å². The first-order valence-electron chi connectivity index (χ1n) is 4.60. The molecule has 0 atom stereocenters. The van der Waals surface area contributed by atoms with Gasteiger partial charge in [-0.1, -0.05) is 0 Å². The number of aliphatic carboxylic acids is 1. The largest absolute Gasteiger partial charge is 0.481 e. The van der Waals surface area contributed by atoms with Crippen LogP contribution in [0.4, 0.5) is 13.2 Å². The number of hydrogen-bond acceptors (Lipinski definition) is 3. The van der Waals surface area contributed by atoms with Crippen molar-refractivity contribution >= 4 is 12.3 Å². The van der Waals surface area contributed by atoms with Crippen LogP contribution in [0.15, 0.2) is 12.1 Å². The van der Waals surface area contributed by atoms with Crippen molar-refractivity contribution in [3.8, 4) is 6.07 Å². The van der Waals surface area contributed by atoms with Crippen molar-refractivity contribution < 1.29 is 27.9 Å². The monoisotopic (exact) mass is 257 g/mol. The molecule has 0 radical (unpaired) electrons. The molecule has 18 heavy (non-hydrogen) atoms. The predicted molar refractivity (Wildman–Crippen MR) is 52.9 cm³/mol. The molecular formula is C11H6F3NO3. The molecule has 0 saturated carbocycles. The molecule has 1 aromatic rings. The summed E-state index contributed by atoms with van der Waals surface area (Å²) in [6.45, 7) is 0. The van der Waals surface area contributed by atoms with Crippen molar-refractivity contribution in [1.29, 1.82) is 5.26 Å². The van der Waals surface area contributed by atoms with Gasteiger partial charge in [0.05, 0.1) is 17.5 Å². The highest BCUT2D eigenvalue weighted by Crippen LogP contribution is 2.33. The van der Waals surface area contributed by atoms with E-state index in [2.05, 4.69) is 0 Å². The van der Waals surface area contributed by atoms with Crippen LogP contribution in [0.1, 0.15) is 27.0 Å². The predicted octanol–water partition coefficient (Wildman–Crippen LogP) is 2.02. The first kappa shape index (κ1) is 13.7. The van der Waals surface area contributed by atoms with E-state index in [1.54, 1.807) is 0 Å². The van der Waals surface area contributed by atoms with Gasteiger partial charge in [-0.25, -0.2) is 0 Å². The van der Waals surface area contributed by atoms with Crippen molar-refractivity contribution in [3.63, 3.8) is 0 Å². The molecule has 0 aromatic heterocycles. The van der Waals surface area contributed by atoms with Crippen LogP contribution in [0.25, 0.3) is 0 Å². The Morgan fingerprint density at radius 2 is 2.06 bits per heavy atom. The fourth-order valence-electron chi connectivity index (χ4n) is 1.44. The lowest BCUT2D eigenvalue weighted by atomic mass is 9.97. The van der Waals surface area contributed by atoms with E-state index in [4.69, 9.17) is 10.4 Å². The molecule has 0 aliphatic heterocycles. The summed E-state index contributed by atoms with van der Waals surface area (Å²) < 4.78 is 38.0. The minimum Gasteiger partial charge on any atom is -0.481 e. The molecule has 0 heterocycles. The number of aldehydes is 1. The average Bonchev–Trinajstić information content (AvgIpc) is 2.25. The van der Waals surface area contributed by atoms with E-state index < -0.39 is 35.3 Å². The highest BCUT2D eigenvalue weighted by Gasteiger charge is 2.35. The first-order chi connectivity index (χ1) is 8.29. The Bertz CT molecular complexity index is 544. The van der Waals surface area contributed by atoms with Crippen molar-refractivity contribution in [3.05, 3.63) is 34.4 Å². The molecule has 1 aromatic carbocycles. The average molecular weight is 257 g/mol. The smallest absolute Gasteiger partial charge is 0.417 e. The summed E-state index contributed by atoms with van der Waals surface area (Å²) in [5.74, 6) is -1.33. The molecule has 1 N–H and O–H groups in total. The fraction of sp³-hybridized carbons (Fsp3) is 0.182. The van der Waals surface area contributed by atoms with Crippen LogP contribution in [-0.4, -0.2) is 17.4 Å². The van der Waals surface area contributed by atoms with E-state index >= 15 is 0 Å². The summed E-state index contributed by atoms with van der Waals surface area (Å²) >= 11 is 0. The highest BCUT2D eigenvalue weighted by molar-refractivity contribution is 5.81. The molecule has 1 rings (SSSR count). The number of nitriles is 1. The van der Waals surface area contributed by atoms with Crippen molar-refractivity contribution in [2.45, 2.75) is 12.6 Å². The van der Waals surface area contributed by atoms with Gasteiger partial charge in [0, 0.05) is 5.56 Å². The summed E-state index contributed by atoms with van der Waals surface area (Å²) in [5, 5.41) is 17.2. The van der Waals surface area contributed by atoms with Crippen molar-refractivity contribution in [2.24, 2.45) is 0 Å². The van der Waals surface area contributed by atoms with Gasteiger partial charge in [0.1, 0.15) is 6.07 Å². The number of carbonyl (C=O) groups is 2. The number of carbonyl (C=O) groups excluding carboxylic acids is 1. The molecule has 0 saturated heterocycles. The number of carboxylic acids is 1. The van der Waals surface area contributed by atoms with E-state index in [0.29, 0.717) is 6.07 Å². The molecule has 0 amide bonds. The van der Waals surface area contributed by atoms with Gasteiger partial charge in [-0.15, -0.1) is 0 Å². The van der Waals surface area contributed by atoms with E-state index in [-0.39, 0.29) is 11.8 Å². The number of benzene rings is 1. The standard InChI is InChI=1S/C11H6F3NO3/c12-11(13,14)9-2-6(3-10(17)18)1-7(5-16)8(9)4-15/h1-2,5H,3H2,(H,17,18). The Morgan fingerprint density at radius 1 is 1.44 bits per heavy atom. The van der Waals surface area contributed by atoms with Crippen LogP contribution >= 0.6 is 0 Å². The molecule has 0 spiro atoms. The van der Waals surface area contributed by atoms with Crippen molar-refractivity contribution in [1.82, 2.24) is 0 Å². The number of alkyl halides is 3. The van der Waals surface area contributed by atoms with E-state index in [9.17, 15) is 22.8 Å². The van der Waals surface area contributed by atoms with Crippen LogP contribution in [0.5, 0.6) is 0 Å². The Labute approximate surface area is 99.3 Å². The third-order valence-corrected chi connectivity index (χ3v) is 2.13. The third kappa shape index (κ3) is 2.85. The van der Waals surface area contributed by atoms with Gasteiger partial charge < -0.3 is 5.11 Å². The number of nitrogens with zero attached hydrogens (tertiary/aromatic N) is 1. The Kier molecular flexibility index (Phi) is 3.71. The quantitative estimate of drug-likeness (QED) is 0.840. The molecule has 7 heteroatoms. The van der Waals surface area contributed by atoms with Gasteiger partial charge in [-0.05, 0) is 17.7 Å². The van der Waals surface area contributed by atoms with E-state index in [0.717, 1.165) is 6.07 Å². The molecule has 0 aliphatic carbocycles. The second kappa shape index (κ2) is 4.87. The SMILES string of the molecule is N#Cc1c(C=O)cc(CC(=O)O)cc1C(F)(F)F. The normalized spacial score (nSPS) is 10.8. The maximum absolute atomic E-state index is 12.7. The molecule has 94 valence electrons. The lowest BCUT2D eigenvalue weighted by molar-refractivity contribution is -0.139. The second-order valence-corrected chi connectivity index (χ2v) is 3.41. The first-order valence-corrected chi connectivity index (χ1v) is 4.60. The minimum absolute atomic E-state index is 0.0964. The zero-order valence-electron chi connectivity index (χ0n) is 8.78. The zero-order chi connectivity index (χ0) is 13.9.